The highest BCUT2D eigenvalue weighted by molar-refractivity contribution is 9.10. The number of Topliss-reactive ketones (excluding diaryl/α,β-unsaturated/α-hetero) is 1. The van der Waals surface area contributed by atoms with Crippen molar-refractivity contribution < 1.29 is 19.3 Å². The molecule has 8 nitrogen and oxygen atoms in total. The van der Waals surface area contributed by atoms with Crippen LogP contribution in [0.3, 0.4) is 0 Å². The van der Waals surface area contributed by atoms with Crippen LogP contribution in [0.25, 0.3) is 0 Å². The van der Waals surface area contributed by atoms with Crippen molar-refractivity contribution in [2.45, 2.75) is 12.5 Å². The minimum absolute atomic E-state index is 0.124. The van der Waals surface area contributed by atoms with E-state index in [9.17, 15) is 24.5 Å². The average molecular weight is 432 g/mol. The van der Waals surface area contributed by atoms with Gasteiger partial charge in [-0.3, -0.25) is 24.6 Å². The van der Waals surface area contributed by atoms with Gasteiger partial charge < -0.3 is 5.32 Å². The molecule has 1 fully saturated rings. The summed E-state index contributed by atoms with van der Waals surface area (Å²) in [5.74, 6) is -0.967. The van der Waals surface area contributed by atoms with E-state index in [4.69, 9.17) is 0 Å². The maximum atomic E-state index is 12.8. The average Bonchev–Trinajstić information content (AvgIpc) is 2.86. The van der Waals surface area contributed by atoms with Gasteiger partial charge in [0.25, 0.3) is 11.6 Å². The SMILES string of the molecule is CC1(c2ccc([N+](=O)[O-])cc2)NC(=O)N(CC(=O)c2ccc(Br)cc2)C1=O. The summed E-state index contributed by atoms with van der Waals surface area (Å²) < 4.78 is 0.805. The number of nitrogens with one attached hydrogen (secondary N) is 1. The Morgan fingerprint density at radius 2 is 1.74 bits per heavy atom. The second-order valence-electron chi connectivity index (χ2n) is 6.18. The molecule has 0 saturated carbocycles. The largest absolute Gasteiger partial charge is 0.325 e. The lowest BCUT2D eigenvalue weighted by molar-refractivity contribution is -0.384. The molecule has 1 aliphatic heterocycles. The third-order valence-electron chi connectivity index (χ3n) is 4.40. The number of halogens is 1. The summed E-state index contributed by atoms with van der Waals surface area (Å²) in [5.41, 5.74) is -0.749. The number of carbonyl (C=O) groups is 3. The number of hydrogen-bond donors (Lipinski definition) is 1. The zero-order valence-electron chi connectivity index (χ0n) is 14.1. The smallest absolute Gasteiger partial charge is 0.319 e. The van der Waals surface area contributed by atoms with Crippen LogP contribution in [-0.2, 0) is 10.3 Å². The van der Waals surface area contributed by atoms with Crippen molar-refractivity contribution in [1.82, 2.24) is 10.2 Å². The van der Waals surface area contributed by atoms with E-state index >= 15 is 0 Å². The number of nitrogens with zero attached hydrogens (tertiary/aromatic N) is 2. The van der Waals surface area contributed by atoms with Gasteiger partial charge >= 0.3 is 6.03 Å². The van der Waals surface area contributed by atoms with Gasteiger partial charge in [-0.2, -0.15) is 0 Å². The van der Waals surface area contributed by atoms with E-state index in [-0.39, 0.29) is 11.5 Å². The van der Waals surface area contributed by atoms with Crippen LogP contribution in [0.1, 0.15) is 22.8 Å². The number of nitro groups is 1. The van der Waals surface area contributed by atoms with Gasteiger partial charge in [0, 0.05) is 22.2 Å². The molecule has 3 amide bonds. The Morgan fingerprint density at radius 1 is 1.15 bits per heavy atom. The fourth-order valence-corrected chi connectivity index (χ4v) is 3.09. The highest BCUT2D eigenvalue weighted by Gasteiger charge is 2.49. The molecule has 0 bridgehead atoms. The van der Waals surface area contributed by atoms with Gasteiger partial charge in [-0.25, -0.2) is 4.79 Å². The first-order chi connectivity index (χ1) is 12.7. The summed E-state index contributed by atoms with van der Waals surface area (Å²) in [5, 5.41) is 13.3. The molecule has 1 heterocycles. The quantitative estimate of drug-likeness (QED) is 0.338. The first-order valence-corrected chi connectivity index (χ1v) is 8.69. The molecule has 1 saturated heterocycles. The number of urea groups is 1. The summed E-state index contributed by atoms with van der Waals surface area (Å²) in [6.07, 6.45) is 0. The first kappa shape index (κ1) is 18.7. The number of non-ortho nitro benzene ring substituents is 1. The molecule has 1 N–H and O–H groups in total. The molecular weight excluding hydrogens is 418 g/mol. The number of hydrogen-bond acceptors (Lipinski definition) is 5. The number of nitro benzene ring substituents is 1. The van der Waals surface area contributed by atoms with Crippen LogP contribution in [0.2, 0.25) is 0 Å². The standard InChI is InChI=1S/C18H14BrN3O5/c1-18(12-4-8-14(9-5-12)22(26)27)16(24)21(17(25)20-18)10-15(23)11-2-6-13(19)7-3-11/h2-9H,10H2,1H3,(H,20,25). The van der Waals surface area contributed by atoms with E-state index < -0.39 is 28.9 Å². The number of imide groups is 1. The maximum absolute atomic E-state index is 12.8. The molecule has 0 aliphatic carbocycles. The van der Waals surface area contributed by atoms with E-state index in [1.807, 2.05) is 0 Å². The fourth-order valence-electron chi connectivity index (χ4n) is 2.82. The van der Waals surface area contributed by atoms with Crippen LogP contribution in [0, 0.1) is 10.1 Å². The first-order valence-electron chi connectivity index (χ1n) is 7.90. The molecule has 1 atom stereocenters. The summed E-state index contributed by atoms with van der Waals surface area (Å²) >= 11 is 3.27. The zero-order valence-corrected chi connectivity index (χ0v) is 15.7. The van der Waals surface area contributed by atoms with Gasteiger partial charge in [-0.15, -0.1) is 0 Å². The van der Waals surface area contributed by atoms with Gasteiger partial charge in [0.05, 0.1) is 11.5 Å². The molecule has 0 spiro atoms. The molecule has 1 aliphatic rings. The van der Waals surface area contributed by atoms with Crippen molar-refractivity contribution in [1.29, 1.82) is 0 Å². The van der Waals surface area contributed by atoms with Crippen LogP contribution in [0.4, 0.5) is 10.5 Å². The summed E-state index contributed by atoms with van der Waals surface area (Å²) in [6, 6.07) is 11.2. The van der Waals surface area contributed by atoms with Crippen molar-refractivity contribution in [3.8, 4) is 0 Å². The second-order valence-corrected chi connectivity index (χ2v) is 7.10. The summed E-state index contributed by atoms with van der Waals surface area (Å²) in [6.45, 7) is 1.10. The third kappa shape index (κ3) is 3.45. The maximum Gasteiger partial charge on any atom is 0.325 e. The second kappa shape index (κ2) is 6.92. The van der Waals surface area contributed by atoms with Crippen molar-refractivity contribution in [2.75, 3.05) is 6.54 Å². The molecule has 2 aromatic carbocycles. The Morgan fingerprint density at radius 3 is 2.30 bits per heavy atom. The molecule has 138 valence electrons. The van der Waals surface area contributed by atoms with Gasteiger partial charge in [0.1, 0.15) is 5.54 Å². The molecule has 0 aromatic heterocycles. The van der Waals surface area contributed by atoms with Crippen molar-refractivity contribution in [3.05, 3.63) is 74.2 Å². The molecule has 1 unspecified atom stereocenters. The van der Waals surface area contributed by atoms with Crippen molar-refractivity contribution in [2.24, 2.45) is 0 Å². The number of carbonyl (C=O) groups excluding carboxylic acids is 3. The molecule has 0 radical (unpaired) electrons. The van der Waals surface area contributed by atoms with E-state index in [1.54, 1.807) is 24.3 Å². The lowest BCUT2D eigenvalue weighted by Crippen LogP contribution is -2.41. The summed E-state index contributed by atoms with van der Waals surface area (Å²) in [7, 11) is 0. The Hall–Kier alpha value is -3.07. The highest BCUT2D eigenvalue weighted by atomic mass is 79.9. The van der Waals surface area contributed by atoms with Crippen molar-refractivity contribution in [3.63, 3.8) is 0 Å². The third-order valence-corrected chi connectivity index (χ3v) is 4.93. The molecule has 9 heteroatoms. The molecular formula is C18H14BrN3O5. The lowest BCUT2D eigenvalue weighted by atomic mass is 9.92. The monoisotopic (exact) mass is 431 g/mol. The van der Waals surface area contributed by atoms with Crippen LogP contribution < -0.4 is 5.32 Å². The fraction of sp³-hybridized carbons (Fsp3) is 0.167. The lowest BCUT2D eigenvalue weighted by Gasteiger charge is -2.22. The van der Waals surface area contributed by atoms with Gasteiger partial charge in [0.15, 0.2) is 5.78 Å². The minimum Gasteiger partial charge on any atom is -0.319 e. The normalized spacial score (nSPS) is 19.1. The number of amides is 3. The Kier molecular flexibility index (Phi) is 4.79. The zero-order chi connectivity index (χ0) is 19.8. The Labute approximate surface area is 162 Å². The molecule has 2 aromatic rings. The van der Waals surface area contributed by atoms with Gasteiger partial charge in [-0.05, 0) is 36.8 Å². The van der Waals surface area contributed by atoms with E-state index in [0.29, 0.717) is 11.1 Å². The number of ketones is 1. The van der Waals surface area contributed by atoms with Gasteiger partial charge in [-0.1, -0.05) is 28.1 Å². The predicted octanol–water partition coefficient (Wildman–Crippen LogP) is 3.01. The Bertz CT molecular complexity index is 942. The minimum atomic E-state index is -1.40. The van der Waals surface area contributed by atoms with Crippen LogP contribution >= 0.6 is 15.9 Å². The molecule has 3 rings (SSSR count). The highest BCUT2D eigenvalue weighted by Crippen LogP contribution is 2.30. The van der Waals surface area contributed by atoms with E-state index in [0.717, 1.165) is 9.37 Å². The number of benzene rings is 2. The van der Waals surface area contributed by atoms with E-state index in [2.05, 4.69) is 21.2 Å². The topological polar surface area (TPSA) is 110 Å². The van der Waals surface area contributed by atoms with E-state index in [1.165, 1.54) is 31.2 Å². The van der Waals surface area contributed by atoms with Gasteiger partial charge in [0.2, 0.25) is 0 Å². The van der Waals surface area contributed by atoms with Crippen molar-refractivity contribution >= 4 is 39.3 Å². The molecule has 27 heavy (non-hydrogen) atoms. The predicted molar refractivity (Wildman–Crippen MR) is 99.2 cm³/mol. The van der Waals surface area contributed by atoms with Crippen LogP contribution in [-0.4, -0.2) is 34.1 Å². The van der Waals surface area contributed by atoms with Crippen LogP contribution in [0.5, 0.6) is 0 Å². The van der Waals surface area contributed by atoms with Crippen LogP contribution in [0.15, 0.2) is 53.0 Å². The number of rotatable bonds is 5. The Balaban J connectivity index is 1.82. The summed E-state index contributed by atoms with van der Waals surface area (Å²) in [4.78, 5) is 48.6.